The fourth-order valence-electron chi connectivity index (χ4n) is 1.19. The first kappa shape index (κ1) is 13.7. The molecule has 0 heterocycles. The molecule has 0 aromatic rings. The number of halogens is 1. The molecule has 0 saturated heterocycles. The van der Waals surface area contributed by atoms with Gasteiger partial charge in [-0.25, -0.2) is 9.18 Å². The van der Waals surface area contributed by atoms with Gasteiger partial charge in [0.15, 0.2) is 0 Å². The summed E-state index contributed by atoms with van der Waals surface area (Å²) in [6.07, 6.45) is -0.0608. The Labute approximate surface area is 88.0 Å². The average Bonchev–Trinajstić information content (AvgIpc) is 2.20. The third-order valence-electron chi connectivity index (χ3n) is 2.03. The summed E-state index contributed by atoms with van der Waals surface area (Å²) in [4.78, 5) is 21.5. The van der Waals surface area contributed by atoms with E-state index in [1.54, 1.807) is 0 Å². The van der Waals surface area contributed by atoms with Gasteiger partial charge in [-0.1, -0.05) is 6.92 Å². The molecule has 0 spiro atoms. The largest absolute Gasteiger partial charge is 0.465 e. The molecule has 1 unspecified atom stereocenters. The summed E-state index contributed by atoms with van der Waals surface area (Å²) in [5.41, 5.74) is 0. The van der Waals surface area contributed by atoms with Crippen LogP contribution in [0.4, 0.5) is 9.18 Å². The summed E-state index contributed by atoms with van der Waals surface area (Å²) in [5.74, 6) is -0.481. The van der Waals surface area contributed by atoms with Gasteiger partial charge in [0.1, 0.15) is 6.67 Å². The maximum Gasteiger partial charge on any atom is 0.404 e. The van der Waals surface area contributed by atoms with Crippen LogP contribution in [0.25, 0.3) is 0 Å². The Kier molecular flexibility index (Phi) is 7.31. The van der Waals surface area contributed by atoms with Gasteiger partial charge in [0.2, 0.25) is 5.91 Å². The molecule has 0 rings (SSSR count). The second kappa shape index (κ2) is 8.02. The molecule has 0 aliphatic rings. The van der Waals surface area contributed by atoms with Gasteiger partial charge < -0.3 is 15.7 Å². The van der Waals surface area contributed by atoms with Crippen LogP contribution in [0.1, 0.15) is 19.8 Å². The molecule has 0 aromatic carbocycles. The lowest BCUT2D eigenvalue weighted by molar-refractivity contribution is -0.125. The van der Waals surface area contributed by atoms with E-state index >= 15 is 0 Å². The summed E-state index contributed by atoms with van der Waals surface area (Å²) in [5, 5.41) is 12.9. The van der Waals surface area contributed by atoms with E-state index in [4.69, 9.17) is 5.11 Å². The van der Waals surface area contributed by atoms with Crippen LogP contribution >= 0.6 is 0 Å². The number of nitrogens with one attached hydrogen (secondary N) is 2. The summed E-state index contributed by atoms with van der Waals surface area (Å²) in [7, 11) is 0. The molecular formula is C9H17FN2O3. The minimum absolute atomic E-state index is 0.0156. The monoisotopic (exact) mass is 220 g/mol. The van der Waals surface area contributed by atoms with Gasteiger partial charge in [0.25, 0.3) is 0 Å². The SMILES string of the molecule is CCC(CCNC(=O)O)C(=O)NCCF. The summed E-state index contributed by atoms with van der Waals surface area (Å²) >= 11 is 0. The third-order valence-corrected chi connectivity index (χ3v) is 2.03. The molecule has 0 aliphatic heterocycles. The zero-order valence-corrected chi connectivity index (χ0v) is 8.75. The van der Waals surface area contributed by atoms with Gasteiger partial charge in [0, 0.05) is 19.0 Å². The van der Waals surface area contributed by atoms with Crippen LogP contribution < -0.4 is 10.6 Å². The van der Waals surface area contributed by atoms with Gasteiger partial charge in [-0.15, -0.1) is 0 Å². The molecule has 88 valence electrons. The molecule has 2 amide bonds. The summed E-state index contributed by atoms with van der Waals surface area (Å²) in [6.45, 7) is 1.49. The Hall–Kier alpha value is -1.33. The zero-order chi connectivity index (χ0) is 11.7. The number of hydrogen-bond acceptors (Lipinski definition) is 2. The summed E-state index contributed by atoms with van der Waals surface area (Å²) < 4.78 is 11.8. The van der Waals surface area contributed by atoms with Gasteiger partial charge in [-0.2, -0.15) is 0 Å². The van der Waals surface area contributed by atoms with Crippen LogP contribution in [0.2, 0.25) is 0 Å². The van der Waals surface area contributed by atoms with E-state index in [1.165, 1.54) is 0 Å². The lowest BCUT2D eigenvalue weighted by Gasteiger charge is -2.13. The second-order valence-electron chi connectivity index (χ2n) is 3.11. The Morgan fingerprint density at radius 3 is 2.47 bits per heavy atom. The smallest absolute Gasteiger partial charge is 0.404 e. The molecule has 6 heteroatoms. The number of rotatable bonds is 7. The fraction of sp³-hybridized carbons (Fsp3) is 0.778. The molecule has 0 aromatic heterocycles. The fourth-order valence-corrected chi connectivity index (χ4v) is 1.19. The van der Waals surface area contributed by atoms with Crippen molar-refractivity contribution >= 4 is 12.0 Å². The Balaban J connectivity index is 3.79. The van der Waals surface area contributed by atoms with Gasteiger partial charge in [0.05, 0.1) is 0 Å². The number of hydrogen-bond donors (Lipinski definition) is 3. The number of carbonyl (C=O) groups is 2. The molecule has 1 atom stereocenters. The maximum atomic E-state index is 11.8. The lowest BCUT2D eigenvalue weighted by atomic mass is 10.0. The predicted octanol–water partition coefficient (Wildman–Crippen LogP) is 0.756. The van der Waals surface area contributed by atoms with Crippen molar-refractivity contribution in [1.29, 1.82) is 0 Å². The average molecular weight is 220 g/mol. The van der Waals surface area contributed by atoms with Crippen molar-refractivity contribution in [2.45, 2.75) is 19.8 Å². The van der Waals surface area contributed by atoms with Crippen molar-refractivity contribution in [3.63, 3.8) is 0 Å². The van der Waals surface area contributed by atoms with E-state index in [0.717, 1.165) is 0 Å². The normalized spacial score (nSPS) is 11.9. The first-order valence-corrected chi connectivity index (χ1v) is 4.92. The van der Waals surface area contributed by atoms with E-state index in [-0.39, 0.29) is 24.9 Å². The van der Waals surface area contributed by atoms with Crippen molar-refractivity contribution in [2.75, 3.05) is 19.8 Å². The highest BCUT2D eigenvalue weighted by Crippen LogP contribution is 2.07. The first-order valence-electron chi connectivity index (χ1n) is 4.92. The molecular weight excluding hydrogens is 203 g/mol. The van der Waals surface area contributed by atoms with E-state index in [9.17, 15) is 14.0 Å². The van der Waals surface area contributed by atoms with Crippen molar-refractivity contribution in [2.24, 2.45) is 5.92 Å². The topological polar surface area (TPSA) is 78.4 Å². The standard InChI is InChI=1S/C9H17FN2O3/c1-2-7(3-5-12-9(14)15)8(13)11-6-4-10/h7,12H,2-6H2,1H3,(H,11,13)(H,14,15). The highest BCUT2D eigenvalue weighted by molar-refractivity contribution is 5.78. The zero-order valence-electron chi connectivity index (χ0n) is 8.75. The molecule has 3 N–H and O–H groups in total. The van der Waals surface area contributed by atoms with Crippen molar-refractivity contribution in [3.8, 4) is 0 Å². The van der Waals surface area contributed by atoms with Crippen LogP contribution in [0.15, 0.2) is 0 Å². The van der Waals surface area contributed by atoms with Crippen molar-refractivity contribution < 1.29 is 19.1 Å². The first-order chi connectivity index (χ1) is 7.11. The van der Waals surface area contributed by atoms with Gasteiger partial charge in [-0.05, 0) is 12.8 Å². The second-order valence-corrected chi connectivity index (χ2v) is 3.11. The van der Waals surface area contributed by atoms with Crippen molar-refractivity contribution in [3.05, 3.63) is 0 Å². The van der Waals surface area contributed by atoms with E-state index in [0.29, 0.717) is 12.8 Å². The van der Waals surface area contributed by atoms with E-state index in [1.807, 2.05) is 6.92 Å². The molecule has 0 radical (unpaired) electrons. The highest BCUT2D eigenvalue weighted by atomic mass is 19.1. The Morgan fingerprint density at radius 2 is 2.00 bits per heavy atom. The minimum atomic E-state index is -1.10. The maximum absolute atomic E-state index is 11.8. The predicted molar refractivity (Wildman–Crippen MR) is 53.4 cm³/mol. The summed E-state index contributed by atoms with van der Waals surface area (Å²) in [6, 6.07) is 0. The highest BCUT2D eigenvalue weighted by Gasteiger charge is 2.15. The molecule has 5 nitrogen and oxygen atoms in total. The van der Waals surface area contributed by atoms with Crippen LogP contribution in [0.5, 0.6) is 0 Å². The third kappa shape index (κ3) is 6.70. The van der Waals surface area contributed by atoms with E-state index in [2.05, 4.69) is 10.6 Å². The molecule has 15 heavy (non-hydrogen) atoms. The van der Waals surface area contributed by atoms with Gasteiger partial charge >= 0.3 is 6.09 Å². The number of carbonyl (C=O) groups excluding carboxylic acids is 1. The number of alkyl halides is 1. The number of carboxylic acid groups (broad SMARTS) is 1. The molecule has 0 fully saturated rings. The molecule has 0 bridgehead atoms. The Bertz CT molecular complexity index is 212. The quantitative estimate of drug-likeness (QED) is 0.592. The molecule has 0 aliphatic carbocycles. The minimum Gasteiger partial charge on any atom is -0.465 e. The number of amides is 2. The lowest BCUT2D eigenvalue weighted by Crippen LogP contribution is -2.34. The van der Waals surface area contributed by atoms with Crippen LogP contribution in [-0.2, 0) is 4.79 Å². The van der Waals surface area contributed by atoms with Gasteiger partial charge in [-0.3, -0.25) is 4.79 Å². The van der Waals surface area contributed by atoms with Crippen LogP contribution in [-0.4, -0.2) is 36.9 Å². The van der Waals surface area contributed by atoms with Crippen LogP contribution in [0.3, 0.4) is 0 Å². The Morgan fingerprint density at radius 1 is 1.33 bits per heavy atom. The van der Waals surface area contributed by atoms with E-state index < -0.39 is 12.8 Å². The molecule has 0 saturated carbocycles. The van der Waals surface area contributed by atoms with Crippen molar-refractivity contribution in [1.82, 2.24) is 10.6 Å². The van der Waals surface area contributed by atoms with Crippen LogP contribution in [0, 0.1) is 5.92 Å².